The van der Waals surface area contributed by atoms with Gasteiger partial charge in [-0.1, -0.05) is 56.5 Å². The van der Waals surface area contributed by atoms with Gasteiger partial charge in [0.25, 0.3) is 0 Å². The van der Waals surface area contributed by atoms with E-state index in [1.807, 2.05) is 0 Å². The van der Waals surface area contributed by atoms with E-state index in [4.69, 9.17) is 0 Å². The van der Waals surface area contributed by atoms with Crippen LogP contribution in [0.1, 0.15) is 55.2 Å². The van der Waals surface area contributed by atoms with Crippen LogP contribution in [0.3, 0.4) is 0 Å². The Labute approximate surface area is 121 Å². The standard InChI is InChI=1S/C16H26S2/c1-4-6-12-17-16(18-13-7-5-2)15-10-8-14(3)9-11-15/h8-11,16H,4-7,12-13H2,1-3H3. The lowest BCUT2D eigenvalue weighted by Gasteiger charge is -2.16. The van der Waals surface area contributed by atoms with Gasteiger partial charge in [-0.25, -0.2) is 0 Å². The lowest BCUT2D eigenvalue weighted by Crippen LogP contribution is -1.93. The van der Waals surface area contributed by atoms with E-state index < -0.39 is 0 Å². The number of unbranched alkanes of at least 4 members (excludes halogenated alkanes) is 2. The maximum absolute atomic E-state index is 2.30. The van der Waals surface area contributed by atoms with Crippen LogP contribution in [0.5, 0.6) is 0 Å². The zero-order valence-corrected chi connectivity index (χ0v) is 13.6. The van der Waals surface area contributed by atoms with Gasteiger partial charge in [-0.05, 0) is 36.8 Å². The van der Waals surface area contributed by atoms with Crippen LogP contribution in [0.2, 0.25) is 0 Å². The smallest absolute Gasteiger partial charge is 0.0751 e. The van der Waals surface area contributed by atoms with Crippen LogP contribution in [-0.4, -0.2) is 11.5 Å². The number of hydrogen-bond donors (Lipinski definition) is 0. The largest absolute Gasteiger partial charge is 0.143 e. The lowest BCUT2D eigenvalue weighted by molar-refractivity contribution is 0.892. The SMILES string of the molecule is CCCCSC(SCCCC)c1ccc(C)cc1. The molecule has 1 rings (SSSR count). The highest BCUT2D eigenvalue weighted by Gasteiger charge is 2.11. The van der Waals surface area contributed by atoms with Crippen molar-refractivity contribution in [1.29, 1.82) is 0 Å². The molecular formula is C16H26S2. The van der Waals surface area contributed by atoms with Gasteiger partial charge in [0, 0.05) is 0 Å². The Balaban J connectivity index is 2.54. The fourth-order valence-corrected chi connectivity index (χ4v) is 4.63. The first-order valence-corrected chi connectivity index (χ1v) is 9.17. The summed E-state index contributed by atoms with van der Waals surface area (Å²) in [6.07, 6.45) is 5.27. The summed E-state index contributed by atoms with van der Waals surface area (Å²) < 4.78 is 0.628. The molecule has 0 unspecified atom stereocenters. The molecule has 0 aromatic heterocycles. The van der Waals surface area contributed by atoms with Gasteiger partial charge in [0.2, 0.25) is 0 Å². The summed E-state index contributed by atoms with van der Waals surface area (Å²) in [6.45, 7) is 6.70. The highest BCUT2D eigenvalue weighted by molar-refractivity contribution is 8.16. The van der Waals surface area contributed by atoms with Crippen molar-refractivity contribution in [2.24, 2.45) is 0 Å². The molecule has 0 nitrogen and oxygen atoms in total. The molecule has 0 saturated carbocycles. The Hall–Kier alpha value is -0.0800. The molecule has 2 heteroatoms. The molecule has 0 aliphatic rings. The number of hydrogen-bond acceptors (Lipinski definition) is 2. The van der Waals surface area contributed by atoms with Crippen molar-refractivity contribution in [1.82, 2.24) is 0 Å². The van der Waals surface area contributed by atoms with Crippen LogP contribution in [0.25, 0.3) is 0 Å². The second kappa shape index (κ2) is 9.80. The third-order valence-corrected chi connectivity index (χ3v) is 5.90. The minimum absolute atomic E-state index is 0.628. The first-order valence-electron chi connectivity index (χ1n) is 7.07. The molecule has 0 aliphatic carbocycles. The Morgan fingerprint density at radius 2 is 1.39 bits per heavy atom. The summed E-state index contributed by atoms with van der Waals surface area (Å²) in [6, 6.07) is 9.09. The summed E-state index contributed by atoms with van der Waals surface area (Å²) in [5.74, 6) is 2.57. The Morgan fingerprint density at radius 1 is 0.889 bits per heavy atom. The fourth-order valence-electron chi connectivity index (χ4n) is 1.63. The highest BCUT2D eigenvalue weighted by atomic mass is 32.2. The van der Waals surface area contributed by atoms with Gasteiger partial charge in [0.15, 0.2) is 0 Å². The Bertz CT molecular complexity index is 295. The predicted octanol–water partition coefficient (Wildman–Crippen LogP) is 6.06. The van der Waals surface area contributed by atoms with Gasteiger partial charge in [-0.2, -0.15) is 0 Å². The molecule has 1 aromatic carbocycles. The lowest BCUT2D eigenvalue weighted by atomic mass is 10.2. The molecule has 0 heterocycles. The van der Waals surface area contributed by atoms with Crippen LogP contribution >= 0.6 is 23.5 Å². The minimum atomic E-state index is 0.628. The summed E-state index contributed by atoms with van der Waals surface area (Å²) in [5, 5.41) is 0. The van der Waals surface area contributed by atoms with Crippen molar-refractivity contribution >= 4 is 23.5 Å². The van der Waals surface area contributed by atoms with Crippen LogP contribution in [0, 0.1) is 6.92 Å². The molecule has 0 radical (unpaired) electrons. The van der Waals surface area contributed by atoms with E-state index >= 15 is 0 Å². The van der Waals surface area contributed by atoms with Gasteiger partial charge in [-0.3, -0.25) is 0 Å². The van der Waals surface area contributed by atoms with Gasteiger partial charge in [0.05, 0.1) is 4.58 Å². The molecule has 102 valence electrons. The monoisotopic (exact) mass is 282 g/mol. The van der Waals surface area contributed by atoms with E-state index in [1.165, 1.54) is 48.3 Å². The molecule has 0 amide bonds. The number of aryl methyl sites for hydroxylation is 1. The van der Waals surface area contributed by atoms with E-state index in [0.29, 0.717) is 4.58 Å². The number of benzene rings is 1. The molecular weight excluding hydrogens is 256 g/mol. The molecule has 0 bridgehead atoms. The third-order valence-electron chi connectivity index (χ3n) is 2.88. The van der Waals surface area contributed by atoms with Crippen molar-refractivity contribution in [2.45, 2.75) is 51.0 Å². The summed E-state index contributed by atoms with van der Waals surface area (Å²) >= 11 is 4.24. The maximum Gasteiger partial charge on any atom is 0.0751 e. The van der Waals surface area contributed by atoms with E-state index in [9.17, 15) is 0 Å². The van der Waals surface area contributed by atoms with E-state index in [-0.39, 0.29) is 0 Å². The fraction of sp³-hybridized carbons (Fsp3) is 0.625. The zero-order chi connectivity index (χ0) is 13.2. The summed E-state index contributed by atoms with van der Waals surface area (Å²) in [4.78, 5) is 0. The Morgan fingerprint density at radius 3 is 1.83 bits per heavy atom. The molecule has 0 saturated heterocycles. The maximum atomic E-state index is 2.30. The predicted molar refractivity (Wildman–Crippen MR) is 88.7 cm³/mol. The van der Waals surface area contributed by atoms with Gasteiger partial charge in [-0.15, -0.1) is 23.5 Å². The molecule has 1 aromatic rings. The normalized spacial score (nSPS) is 11.1. The van der Waals surface area contributed by atoms with Crippen LogP contribution < -0.4 is 0 Å². The second-order valence-electron chi connectivity index (χ2n) is 4.69. The molecule has 0 aliphatic heterocycles. The van der Waals surface area contributed by atoms with Crippen molar-refractivity contribution in [2.75, 3.05) is 11.5 Å². The average Bonchev–Trinajstić information content (AvgIpc) is 2.38. The van der Waals surface area contributed by atoms with E-state index in [0.717, 1.165) is 0 Å². The van der Waals surface area contributed by atoms with Crippen molar-refractivity contribution in [3.8, 4) is 0 Å². The van der Waals surface area contributed by atoms with Gasteiger partial charge < -0.3 is 0 Å². The molecule has 0 N–H and O–H groups in total. The van der Waals surface area contributed by atoms with E-state index in [1.54, 1.807) is 0 Å². The van der Waals surface area contributed by atoms with E-state index in [2.05, 4.69) is 68.6 Å². The summed E-state index contributed by atoms with van der Waals surface area (Å²) in [5.41, 5.74) is 2.84. The van der Waals surface area contributed by atoms with Crippen LogP contribution in [-0.2, 0) is 0 Å². The van der Waals surface area contributed by atoms with Crippen LogP contribution in [0.15, 0.2) is 24.3 Å². The number of rotatable bonds is 9. The Kier molecular flexibility index (Phi) is 8.70. The van der Waals surface area contributed by atoms with Gasteiger partial charge >= 0.3 is 0 Å². The zero-order valence-electron chi connectivity index (χ0n) is 11.9. The molecule has 0 fully saturated rings. The van der Waals surface area contributed by atoms with Crippen molar-refractivity contribution in [3.63, 3.8) is 0 Å². The van der Waals surface area contributed by atoms with Gasteiger partial charge in [0.1, 0.15) is 0 Å². The van der Waals surface area contributed by atoms with Crippen molar-refractivity contribution in [3.05, 3.63) is 35.4 Å². The van der Waals surface area contributed by atoms with Crippen LogP contribution in [0.4, 0.5) is 0 Å². The summed E-state index contributed by atoms with van der Waals surface area (Å²) in [7, 11) is 0. The topological polar surface area (TPSA) is 0 Å². The number of thioether (sulfide) groups is 2. The first kappa shape index (κ1) is 16.0. The molecule has 0 atom stereocenters. The molecule has 0 spiro atoms. The minimum Gasteiger partial charge on any atom is -0.143 e. The quantitative estimate of drug-likeness (QED) is 0.399. The third kappa shape index (κ3) is 6.19. The first-order chi connectivity index (χ1) is 8.77. The molecule has 18 heavy (non-hydrogen) atoms. The second-order valence-corrected chi connectivity index (χ2v) is 7.42. The van der Waals surface area contributed by atoms with Crippen molar-refractivity contribution < 1.29 is 0 Å². The average molecular weight is 283 g/mol. The highest BCUT2D eigenvalue weighted by Crippen LogP contribution is 2.40.